The predicted octanol–water partition coefficient (Wildman–Crippen LogP) is 4.85. The molecule has 0 bridgehead atoms. The molecule has 0 spiro atoms. The van der Waals surface area contributed by atoms with E-state index in [0.717, 1.165) is 35.1 Å². The number of nitrogens with one attached hydrogen (secondary N) is 2. The quantitative estimate of drug-likeness (QED) is 0.565. The Morgan fingerprint density at radius 1 is 0.964 bits per heavy atom. The average molecular weight is 399 g/mol. The molecule has 0 unspecified atom stereocenters. The van der Waals surface area contributed by atoms with Crippen LogP contribution < -0.4 is 20.1 Å². The lowest BCUT2D eigenvalue weighted by atomic mass is 10.1. The SMILES string of the molecule is COc1ccc(Nc2cc(C)nc(NCCc3ccc(Cl)cc3)n2)c(OC)c1. The third kappa shape index (κ3) is 5.27. The summed E-state index contributed by atoms with van der Waals surface area (Å²) in [5, 5.41) is 7.30. The largest absolute Gasteiger partial charge is 0.497 e. The first kappa shape index (κ1) is 19.8. The summed E-state index contributed by atoms with van der Waals surface area (Å²) < 4.78 is 10.7. The second-order valence-corrected chi connectivity index (χ2v) is 6.65. The minimum Gasteiger partial charge on any atom is -0.497 e. The van der Waals surface area contributed by atoms with E-state index in [4.69, 9.17) is 21.1 Å². The summed E-state index contributed by atoms with van der Waals surface area (Å²) in [5.41, 5.74) is 2.86. The number of hydrogen-bond donors (Lipinski definition) is 2. The van der Waals surface area contributed by atoms with Crippen molar-refractivity contribution in [3.8, 4) is 11.5 Å². The van der Waals surface area contributed by atoms with E-state index in [1.165, 1.54) is 5.56 Å². The number of hydrogen-bond acceptors (Lipinski definition) is 6. The van der Waals surface area contributed by atoms with Gasteiger partial charge in [0.15, 0.2) is 0 Å². The Morgan fingerprint density at radius 3 is 2.46 bits per heavy atom. The van der Waals surface area contributed by atoms with E-state index in [0.29, 0.717) is 17.5 Å². The first-order chi connectivity index (χ1) is 13.6. The number of halogens is 1. The van der Waals surface area contributed by atoms with E-state index in [9.17, 15) is 0 Å². The Kier molecular flexibility index (Phi) is 6.55. The fraction of sp³-hybridized carbons (Fsp3) is 0.238. The topological polar surface area (TPSA) is 68.3 Å². The highest BCUT2D eigenvalue weighted by molar-refractivity contribution is 6.30. The van der Waals surface area contributed by atoms with Gasteiger partial charge >= 0.3 is 0 Å². The number of nitrogens with zero attached hydrogens (tertiary/aromatic N) is 2. The van der Waals surface area contributed by atoms with Crippen LogP contribution in [0.5, 0.6) is 11.5 Å². The average Bonchev–Trinajstić information content (AvgIpc) is 2.69. The van der Waals surface area contributed by atoms with E-state index in [1.54, 1.807) is 14.2 Å². The van der Waals surface area contributed by atoms with Gasteiger partial charge in [-0.25, -0.2) is 4.98 Å². The Labute approximate surface area is 169 Å². The summed E-state index contributed by atoms with van der Waals surface area (Å²) in [7, 11) is 3.24. The summed E-state index contributed by atoms with van der Waals surface area (Å²) in [6.07, 6.45) is 0.851. The van der Waals surface area contributed by atoms with Gasteiger partial charge in [-0.2, -0.15) is 4.98 Å². The predicted molar refractivity (Wildman–Crippen MR) is 113 cm³/mol. The van der Waals surface area contributed by atoms with Crippen molar-refractivity contribution in [3.05, 3.63) is 64.8 Å². The molecule has 0 fully saturated rings. The van der Waals surface area contributed by atoms with Crippen molar-refractivity contribution in [1.82, 2.24) is 9.97 Å². The smallest absolute Gasteiger partial charge is 0.224 e. The van der Waals surface area contributed by atoms with E-state index in [-0.39, 0.29) is 0 Å². The Bertz CT molecular complexity index is 932. The molecule has 28 heavy (non-hydrogen) atoms. The van der Waals surface area contributed by atoms with Gasteiger partial charge < -0.3 is 20.1 Å². The number of aromatic nitrogens is 2. The minimum atomic E-state index is 0.573. The van der Waals surface area contributed by atoms with Gasteiger partial charge in [-0.1, -0.05) is 23.7 Å². The van der Waals surface area contributed by atoms with Crippen LogP contribution in [0.3, 0.4) is 0 Å². The maximum atomic E-state index is 5.92. The van der Waals surface area contributed by atoms with Crippen LogP contribution in [0, 0.1) is 6.92 Å². The van der Waals surface area contributed by atoms with Crippen molar-refractivity contribution in [1.29, 1.82) is 0 Å². The van der Waals surface area contributed by atoms with Crippen LogP contribution in [0.25, 0.3) is 0 Å². The molecule has 0 aliphatic rings. The lowest BCUT2D eigenvalue weighted by Gasteiger charge is -2.13. The van der Waals surface area contributed by atoms with Crippen molar-refractivity contribution >= 4 is 29.1 Å². The highest BCUT2D eigenvalue weighted by Gasteiger charge is 2.08. The van der Waals surface area contributed by atoms with Crippen LogP contribution >= 0.6 is 11.6 Å². The van der Waals surface area contributed by atoms with Crippen LogP contribution in [-0.4, -0.2) is 30.7 Å². The molecule has 0 aliphatic heterocycles. The van der Waals surface area contributed by atoms with Crippen molar-refractivity contribution in [3.63, 3.8) is 0 Å². The van der Waals surface area contributed by atoms with E-state index in [2.05, 4.69) is 20.6 Å². The van der Waals surface area contributed by atoms with E-state index >= 15 is 0 Å². The van der Waals surface area contributed by atoms with Crippen molar-refractivity contribution in [2.45, 2.75) is 13.3 Å². The highest BCUT2D eigenvalue weighted by Crippen LogP contribution is 2.31. The van der Waals surface area contributed by atoms with Crippen molar-refractivity contribution in [2.24, 2.45) is 0 Å². The fourth-order valence-corrected chi connectivity index (χ4v) is 2.85. The second-order valence-electron chi connectivity index (χ2n) is 6.21. The molecule has 3 rings (SSSR count). The number of anilines is 3. The maximum absolute atomic E-state index is 5.92. The van der Waals surface area contributed by atoms with Gasteiger partial charge in [-0.05, 0) is 43.2 Å². The third-order valence-corrected chi connectivity index (χ3v) is 4.39. The molecule has 0 radical (unpaired) electrons. The van der Waals surface area contributed by atoms with Gasteiger partial charge in [0.2, 0.25) is 5.95 Å². The molecule has 7 heteroatoms. The fourth-order valence-electron chi connectivity index (χ4n) is 2.72. The number of benzene rings is 2. The first-order valence-electron chi connectivity index (χ1n) is 8.90. The van der Waals surface area contributed by atoms with E-state index in [1.807, 2.05) is 55.5 Å². The number of rotatable bonds is 8. The van der Waals surface area contributed by atoms with Crippen molar-refractivity contribution in [2.75, 3.05) is 31.4 Å². The monoisotopic (exact) mass is 398 g/mol. The van der Waals surface area contributed by atoms with Crippen LogP contribution in [0.4, 0.5) is 17.5 Å². The maximum Gasteiger partial charge on any atom is 0.224 e. The number of methoxy groups -OCH3 is 2. The molecule has 0 atom stereocenters. The summed E-state index contributed by atoms with van der Waals surface area (Å²) >= 11 is 5.92. The van der Waals surface area contributed by atoms with Gasteiger partial charge in [0.05, 0.1) is 19.9 Å². The van der Waals surface area contributed by atoms with Gasteiger partial charge in [-0.15, -0.1) is 0 Å². The summed E-state index contributed by atoms with van der Waals surface area (Å²) in [4.78, 5) is 9.01. The standard InChI is InChI=1S/C21H23ClN4O2/c1-14-12-20(25-18-9-8-17(27-2)13-19(18)28-3)26-21(24-14)23-11-10-15-4-6-16(22)7-5-15/h4-9,12-13H,10-11H2,1-3H3,(H2,23,24,25,26). The van der Waals surface area contributed by atoms with Crippen molar-refractivity contribution < 1.29 is 9.47 Å². The summed E-state index contributed by atoms with van der Waals surface area (Å²) in [6.45, 7) is 2.65. The Balaban J connectivity index is 1.68. The molecule has 0 amide bonds. The zero-order valence-electron chi connectivity index (χ0n) is 16.1. The molecule has 0 aliphatic carbocycles. The molecule has 2 aromatic carbocycles. The molecule has 0 saturated carbocycles. The van der Waals surface area contributed by atoms with Crippen LogP contribution in [0.2, 0.25) is 5.02 Å². The third-order valence-electron chi connectivity index (χ3n) is 4.14. The number of ether oxygens (including phenoxy) is 2. The lowest BCUT2D eigenvalue weighted by molar-refractivity contribution is 0.395. The minimum absolute atomic E-state index is 0.573. The summed E-state index contributed by atoms with van der Waals surface area (Å²) in [5.74, 6) is 2.66. The molecular formula is C21H23ClN4O2. The van der Waals surface area contributed by atoms with Gasteiger partial charge in [-0.3, -0.25) is 0 Å². The van der Waals surface area contributed by atoms with Gasteiger partial charge in [0, 0.05) is 29.4 Å². The Hall–Kier alpha value is -2.99. The Morgan fingerprint density at radius 2 is 1.75 bits per heavy atom. The van der Waals surface area contributed by atoms with E-state index < -0.39 is 0 Å². The molecule has 6 nitrogen and oxygen atoms in total. The summed E-state index contributed by atoms with van der Waals surface area (Å²) in [6, 6.07) is 15.3. The zero-order valence-corrected chi connectivity index (χ0v) is 16.9. The molecule has 2 N–H and O–H groups in total. The first-order valence-corrected chi connectivity index (χ1v) is 9.28. The zero-order chi connectivity index (χ0) is 19.9. The molecular weight excluding hydrogens is 376 g/mol. The lowest BCUT2D eigenvalue weighted by Crippen LogP contribution is -2.09. The van der Waals surface area contributed by atoms with Crippen LogP contribution in [-0.2, 0) is 6.42 Å². The normalized spacial score (nSPS) is 10.4. The van der Waals surface area contributed by atoms with Gasteiger partial charge in [0.1, 0.15) is 17.3 Å². The molecule has 1 heterocycles. The number of aryl methyl sites for hydroxylation is 1. The molecule has 146 valence electrons. The molecule has 1 aromatic heterocycles. The van der Waals surface area contributed by atoms with Gasteiger partial charge in [0.25, 0.3) is 0 Å². The highest BCUT2D eigenvalue weighted by atomic mass is 35.5. The second kappa shape index (κ2) is 9.28. The molecule has 3 aromatic rings. The van der Waals surface area contributed by atoms with Crippen LogP contribution in [0.1, 0.15) is 11.3 Å². The molecule has 0 saturated heterocycles. The van der Waals surface area contributed by atoms with Crippen LogP contribution in [0.15, 0.2) is 48.5 Å².